The van der Waals surface area contributed by atoms with Gasteiger partial charge in [-0.2, -0.15) is 0 Å². The van der Waals surface area contributed by atoms with Crippen molar-refractivity contribution in [3.8, 4) is 11.3 Å². The van der Waals surface area contributed by atoms with Crippen LogP contribution in [0, 0.1) is 17.2 Å². The van der Waals surface area contributed by atoms with E-state index in [1.165, 1.54) is 22.9 Å². The van der Waals surface area contributed by atoms with E-state index < -0.39 is 23.5 Å². The van der Waals surface area contributed by atoms with Gasteiger partial charge in [0.25, 0.3) is 5.91 Å². The predicted molar refractivity (Wildman–Crippen MR) is 174 cm³/mol. The largest absolute Gasteiger partial charge is 0.449 e. The van der Waals surface area contributed by atoms with Crippen molar-refractivity contribution < 1.29 is 23.5 Å². The summed E-state index contributed by atoms with van der Waals surface area (Å²) in [7, 11) is 4.41. The van der Waals surface area contributed by atoms with E-state index in [2.05, 4.69) is 29.8 Å². The normalized spacial score (nSPS) is 14.0. The van der Waals surface area contributed by atoms with Gasteiger partial charge in [-0.15, -0.1) is 0 Å². The lowest BCUT2D eigenvalue weighted by molar-refractivity contribution is -0.117. The summed E-state index contributed by atoms with van der Waals surface area (Å²) in [4.78, 5) is 38.3. The monoisotopic (exact) mass is 628 g/mol. The molecular weight excluding hydrogens is 588 g/mol. The summed E-state index contributed by atoms with van der Waals surface area (Å²) in [5, 5.41) is 9.85. The molecule has 0 saturated carbocycles. The molecule has 3 N–H and O–H groups in total. The van der Waals surface area contributed by atoms with Crippen molar-refractivity contribution in [2.24, 2.45) is 11.3 Å². The van der Waals surface area contributed by atoms with Gasteiger partial charge < -0.3 is 25.3 Å². The Bertz CT molecular complexity index is 1480. The van der Waals surface area contributed by atoms with Gasteiger partial charge in [0.2, 0.25) is 5.12 Å². The van der Waals surface area contributed by atoms with E-state index in [0.29, 0.717) is 48.2 Å². The number of carbonyl (C=O) groups excluding carboxylic acids is 3. The average molecular weight is 629 g/mol. The second-order valence-electron chi connectivity index (χ2n) is 12.1. The average Bonchev–Trinajstić information content (AvgIpc) is 3.15. The number of rotatable bonds is 11. The Morgan fingerprint density at radius 1 is 1.16 bits per heavy atom. The number of nitrogens with one attached hydrogen (secondary N) is 3. The third kappa shape index (κ3) is 7.93. The minimum Gasteiger partial charge on any atom is -0.449 e. The molecule has 0 aliphatic carbocycles. The standard InChI is InChI=1S/C32H41FN4O4S2/c1-19(2)15-26(36-31(40)41-13-14-42-43-30(39)32(3,4)5)37-25-17-22(33)16-24-27(25)23(11-12-35-29(24)38)28(37)21-9-7-20(8-10-21)18-34-6/h7-10,16-17,19,26,34H,11-15,18H2,1-6H3,(H,35,38)(H,36,40)/t26-/m1/s1. The first-order valence-electron chi connectivity index (χ1n) is 14.6. The molecular formula is C32H41FN4O4S2. The van der Waals surface area contributed by atoms with E-state index in [1.807, 2.05) is 56.7 Å². The Morgan fingerprint density at radius 2 is 1.88 bits per heavy atom. The molecule has 1 aliphatic rings. The number of hydrogen-bond donors (Lipinski definition) is 3. The predicted octanol–water partition coefficient (Wildman–Crippen LogP) is 6.68. The smallest absolute Gasteiger partial charge is 0.408 e. The first-order valence-corrected chi connectivity index (χ1v) is 16.9. The van der Waals surface area contributed by atoms with Crippen LogP contribution in [0.5, 0.6) is 0 Å². The summed E-state index contributed by atoms with van der Waals surface area (Å²) < 4.78 is 22.6. The third-order valence-electron chi connectivity index (χ3n) is 7.12. The second-order valence-corrected chi connectivity index (χ2v) is 14.5. The fraction of sp³-hybridized carbons (Fsp3) is 0.469. The summed E-state index contributed by atoms with van der Waals surface area (Å²) in [5.74, 6) is -0.203. The quantitative estimate of drug-likeness (QED) is 0.161. The Morgan fingerprint density at radius 3 is 2.53 bits per heavy atom. The van der Waals surface area contributed by atoms with Crippen molar-refractivity contribution in [3.63, 3.8) is 0 Å². The van der Waals surface area contributed by atoms with Crippen LogP contribution in [0.15, 0.2) is 36.4 Å². The molecule has 43 heavy (non-hydrogen) atoms. The Kier molecular flexibility index (Phi) is 10.8. The van der Waals surface area contributed by atoms with Crippen molar-refractivity contribution in [1.29, 1.82) is 0 Å². The van der Waals surface area contributed by atoms with Crippen molar-refractivity contribution >= 4 is 49.6 Å². The molecule has 232 valence electrons. The molecule has 0 unspecified atom stereocenters. The summed E-state index contributed by atoms with van der Waals surface area (Å²) in [6, 6.07) is 10.9. The number of amides is 2. The van der Waals surface area contributed by atoms with Crippen LogP contribution in [0.3, 0.4) is 0 Å². The maximum atomic E-state index is 15.1. The van der Waals surface area contributed by atoms with Crippen molar-refractivity contribution in [3.05, 3.63) is 58.9 Å². The van der Waals surface area contributed by atoms with E-state index in [4.69, 9.17) is 4.74 Å². The fourth-order valence-corrected chi connectivity index (χ4v) is 7.28. The number of hydrogen-bond acceptors (Lipinski definition) is 7. The molecule has 2 aromatic carbocycles. The van der Waals surface area contributed by atoms with Gasteiger partial charge >= 0.3 is 6.09 Å². The first-order chi connectivity index (χ1) is 20.4. The lowest BCUT2D eigenvalue weighted by Crippen LogP contribution is -2.34. The highest BCUT2D eigenvalue weighted by atomic mass is 33.1. The topological polar surface area (TPSA) is 101 Å². The lowest BCUT2D eigenvalue weighted by Gasteiger charge is -2.26. The highest BCUT2D eigenvalue weighted by Gasteiger charge is 2.30. The summed E-state index contributed by atoms with van der Waals surface area (Å²) >= 11 is 0. The highest BCUT2D eigenvalue weighted by molar-refractivity contribution is 8.82. The van der Waals surface area contributed by atoms with Gasteiger partial charge in [-0.3, -0.25) is 9.59 Å². The van der Waals surface area contributed by atoms with Crippen LogP contribution < -0.4 is 16.0 Å². The second kappa shape index (κ2) is 14.2. The van der Waals surface area contributed by atoms with Crippen LogP contribution in [-0.4, -0.2) is 47.6 Å². The highest BCUT2D eigenvalue weighted by Crippen LogP contribution is 2.40. The summed E-state index contributed by atoms with van der Waals surface area (Å²) in [6.45, 7) is 11.0. The van der Waals surface area contributed by atoms with E-state index >= 15 is 4.39 Å². The van der Waals surface area contributed by atoms with E-state index in [1.54, 1.807) is 0 Å². The van der Waals surface area contributed by atoms with Gasteiger partial charge in [0.05, 0.1) is 16.8 Å². The maximum Gasteiger partial charge on any atom is 0.408 e. The zero-order valence-corrected chi connectivity index (χ0v) is 27.3. The molecule has 0 fully saturated rings. The van der Waals surface area contributed by atoms with Gasteiger partial charge in [-0.25, -0.2) is 9.18 Å². The van der Waals surface area contributed by atoms with Gasteiger partial charge in [0, 0.05) is 29.6 Å². The first kappa shape index (κ1) is 32.9. The molecule has 2 amide bonds. The van der Waals surface area contributed by atoms with E-state index in [-0.39, 0.29) is 23.5 Å². The van der Waals surface area contributed by atoms with Gasteiger partial charge in [0.15, 0.2) is 0 Å². The minimum atomic E-state index is -0.599. The van der Waals surface area contributed by atoms with Crippen molar-refractivity contribution in [2.75, 3.05) is 26.0 Å². The molecule has 11 heteroatoms. The molecule has 1 aliphatic heterocycles. The number of benzene rings is 2. The minimum absolute atomic E-state index is 0.0641. The van der Waals surface area contributed by atoms with Crippen molar-refractivity contribution in [2.45, 2.75) is 60.2 Å². The molecule has 2 heterocycles. The summed E-state index contributed by atoms with van der Waals surface area (Å²) in [5.41, 5.74) is 4.20. The van der Waals surface area contributed by atoms with E-state index in [0.717, 1.165) is 33.2 Å². The van der Waals surface area contributed by atoms with Gasteiger partial charge in [0.1, 0.15) is 18.6 Å². The number of nitrogens with zero attached hydrogens (tertiary/aromatic N) is 1. The van der Waals surface area contributed by atoms with Crippen molar-refractivity contribution in [1.82, 2.24) is 20.5 Å². The Labute approximate surface area is 260 Å². The van der Waals surface area contributed by atoms with Crippen LogP contribution in [0.25, 0.3) is 22.2 Å². The molecule has 1 aromatic heterocycles. The van der Waals surface area contributed by atoms with Crippen LogP contribution in [-0.2, 0) is 22.5 Å². The molecule has 0 spiro atoms. The number of aromatic nitrogens is 1. The van der Waals surface area contributed by atoms with Crippen LogP contribution in [0.1, 0.15) is 68.7 Å². The number of alkyl carbamates (subject to hydrolysis) is 1. The molecule has 1 atom stereocenters. The lowest BCUT2D eigenvalue weighted by atomic mass is 9.99. The number of ether oxygens (including phenoxy) is 1. The number of halogens is 1. The SMILES string of the molecule is CNCc1ccc(-c2c3c4c(cc(F)cc4n2[C@H](CC(C)C)NC(=O)OCCSSC(=O)C(C)(C)C)C(=O)NCC3)cc1. The molecule has 4 rings (SSSR count). The van der Waals surface area contributed by atoms with Crippen LogP contribution in [0.2, 0.25) is 0 Å². The van der Waals surface area contributed by atoms with Gasteiger partial charge in [-0.1, -0.05) is 69.7 Å². The molecule has 0 saturated heterocycles. The molecule has 0 radical (unpaired) electrons. The zero-order chi connectivity index (χ0) is 31.3. The van der Waals surface area contributed by atoms with Crippen LogP contribution >= 0.6 is 21.6 Å². The summed E-state index contributed by atoms with van der Waals surface area (Å²) in [6.07, 6.45) is -0.0649. The third-order valence-corrected chi connectivity index (χ3v) is 9.64. The van der Waals surface area contributed by atoms with E-state index in [9.17, 15) is 14.4 Å². The van der Waals surface area contributed by atoms with Crippen LogP contribution in [0.4, 0.5) is 9.18 Å². The zero-order valence-electron chi connectivity index (χ0n) is 25.6. The maximum absolute atomic E-state index is 15.1. The molecule has 8 nitrogen and oxygen atoms in total. The fourth-order valence-electron chi connectivity index (χ4n) is 5.17. The Balaban J connectivity index is 1.71. The number of carbonyl (C=O) groups is 3. The Hall–Kier alpha value is -3.02. The molecule has 0 bridgehead atoms. The molecule has 3 aromatic rings. The van der Waals surface area contributed by atoms with Gasteiger partial charge in [-0.05, 0) is 65.4 Å².